The number of hydrogen-bond acceptors (Lipinski definition) is 4. The molecule has 7 heteroatoms. The van der Waals surface area contributed by atoms with Crippen molar-refractivity contribution in [2.24, 2.45) is 0 Å². The largest absolute Gasteiger partial charge is 0.345 e. The first-order valence-corrected chi connectivity index (χ1v) is 10.5. The normalized spacial score (nSPS) is 17.6. The van der Waals surface area contributed by atoms with Crippen LogP contribution >= 0.6 is 0 Å². The molecule has 2 amide bonds. The predicted molar refractivity (Wildman–Crippen MR) is 119 cm³/mol. The van der Waals surface area contributed by atoms with Gasteiger partial charge < -0.3 is 10.2 Å². The SMILES string of the molecule is CN(C)C(=O)c1cn[nH]c1C1CCCN(CC(=O)Nc2ccc(C(C)(C)C)cc2)C1. The Balaban J connectivity index is 1.59. The second kappa shape index (κ2) is 9.00. The van der Waals surface area contributed by atoms with Crippen LogP contribution < -0.4 is 5.32 Å². The van der Waals surface area contributed by atoms with E-state index in [0.717, 1.165) is 37.3 Å². The number of nitrogens with zero attached hydrogens (tertiary/aromatic N) is 3. The fourth-order valence-corrected chi connectivity index (χ4v) is 3.91. The zero-order valence-electron chi connectivity index (χ0n) is 18.7. The number of likely N-dealkylation sites (tertiary alicyclic amines) is 1. The van der Waals surface area contributed by atoms with Crippen LogP contribution in [0.2, 0.25) is 0 Å². The van der Waals surface area contributed by atoms with Crippen LogP contribution in [0.5, 0.6) is 0 Å². The maximum Gasteiger partial charge on any atom is 0.256 e. The highest BCUT2D eigenvalue weighted by molar-refractivity contribution is 5.95. The highest BCUT2D eigenvalue weighted by Gasteiger charge is 2.28. The molecule has 0 aliphatic carbocycles. The van der Waals surface area contributed by atoms with Gasteiger partial charge in [-0.15, -0.1) is 0 Å². The summed E-state index contributed by atoms with van der Waals surface area (Å²) in [7, 11) is 3.48. The zero-order chi connectivity index (χ0) is 21.9. The number of anilines is 1. The summed E-state index contributed by atoms with van der Waals surface area (Å²) in [5.41, 5.74) is 3.63. The Morgan fingerprint density at radius 2 is 1.93 bits per heavy atom. The summed E-state index contributed by atoms with van der Waals surface area (Å²) in [6, 6.07) is 8.05. The zero-order valence-corrected chi connectivity index (χ0v) is 18.7. The van der Waals surface area contributed by atoms with Crippen molar-refractivity contribution in [3.05, 3.63) is 47.3 Å². The average Bonchev–Trinajstić information content (AvgIpc) is 3.17. The summed E-state index contributed by atoms with van der Waals surface area (Å²) in [5, 5.41) is 10.1. The molecule has 2 N–H and O–H groups in total. The second-order valence-electron chi connectivity index (χ2n) is 9.35. The first-order valence-electron chi connectivity index (χ1n) is 10.5. The molecule has 1 fully saturated rings. The van der Waals surface area contributed by atoms with Gasteiger partial charge in [-0.25, -0.2) is 0 Å². The number of carbonyl (C=O) groups excluding carboxylic acids is 2. The van der Waals surface area contributed by atoms with Crippen LogP contribution in [0.3, 0.4) is 0 Å². The Kier molecular flexibility index (Phi) is 6.61. The molecule has 2 heterocycles. The smallest absolute Gasteiger partial charge is 0.256 e. The summed E-state index contributed by atoms with van der Waals surface area (Å²) in [6.07, 6.45) is 3.56. The van der Waals surface area contributed by atoms with Gasteiger partial charge in [0.05, 0.1) is 24.0 Å². The van der Waals surface area contributed by atoms with E-state index >= 15 is 0 Å². The van der Waals surface area contributed by atoms with E-state index in [9.17, 15) is 9.59 Å². The van der Waals surface area contributed by atoms with E-state index in [2.05, 4.69) is 53.3 Å². The molecule has 0 saturated carbocycles. The maximum absolute atomic E-state index is 12.6. The molecular formula is C23H33N5O2. The van der Waals surface area contributed by atoms with Crippen molar-refractivity contribution in [2.75, 3.05) is 39.0 Å². The van der Waals surface area contributed by atoms with Gasteiger partial charge in [-0.2, -0.15) is 5.10 Å². The van der Waals surface area contributed by atoms with Crippen LogP contribution in [0.4, 0.5) is 5.69 Å². The number of aromatic amines is 1. The number of hydrogen-bond donors (Lipinski definition) is 2. The standard InChI is InChI=1S/C23H33N5O2/c1-23(2,3)17-8-10-18(11-9-17)25-20(29)15-28-12-6-7-16(14-28)21-19(13-24-26-21)22(30)27(4)5/h8-11,13,16H,6-7,12,14-15H2,1-5H3,(H,24,26)(H,25,29). The maximum atomic E-state index is 12.6. The number of rotatable bonds is 5. The number of amides is 2. The van der Waals surface area contributed by atoms with Crippen molar-refractivity contribution in [3.8, 4) is 0 Å². The minimum absolute atomic E-state index is 0.0200. The average molecular weight is 412 g/mol. The molecule has 1 aliphatic heterocycles. The minimum Gasteiger partial charge on any atom is -0.345 e. The Hall–Kier alpha value is -2.67. The molecule has 1 saturated heterocycles. The fourth-order valence-electron chi connectivity index (χ4n) is 3.91. The van der Waals surface area contributed by atoms with E-state index in [0.29, 0.717) is 12.1 Å². The molecule has 1 aromatic carbocycles. The van der Waals surface area contributed by atoms with Crippen molar-refractivity contribution in [2.45, 2.75) is 44.9 Å². The number of carbonyl (C=O) groups is 2. The Labute approximate surface area is 178 Å². The summed E-state index contributed by atoms with van der Waals surface area (Å²) in [5.74, 6) is 0.0969. The number of H-pyrrole nitrogens is 1. The van der Waals surface area contributed by atoms with Gasteiger partial charge in [0.25, 0.3) is 5.91 Å². The first kappa shape index (κ1) is 22.0. The topological polar surface area (TPSA) is 81.3 Å². The van der Waals surface area contributed by atoms with E-state index in [-0.39, 0.29) is 23.1 Å². The molecule has 0 bridgehead atoms. The molecule has 1 aliphatic rings. The van der Waals surface area contributed by atoms with Crippen molar-refractivity contribution in [3.63, 3.8) is 0 Å². The van der Waals surface area contributed by atoms with Crippen LogP contribution in [0.25, 0.3) is 0 Å². The third-order valence-corrected chi connectivity index (χ3v) is 5.62. The molecule has 1 aromatic heterocycles. The quantitative estimate of drug-likeness (QED) is 0.792. The van der Waals surface area contributed by atoms with Gasteiger partial charge >= 0.3 is 0 Å². The van der Waals surface area contributed by atoms with E-state index < -0.39 is 0 Å². The molecule has 1 atom stereocenters. The molecule has 30 heavy (non-hydrogen) atoms. The summed E-state index contributed by atoms with van der Waals surface area (Å²) < 4.78 is 0. The van der Waals surface area contributed by atoms with Gasteiger partial charge in [0.1, 0.15) is 0 Å². The molecule has 7 nitrogen and oxygen atoms in total. The van der Waals surface area contributed by atoms with Gasteiger partial charge in [-0.3, -0.25) is 19.6 Å². The summed E-state index contributed by atoms with van der Waals surface area (Å²) >= 11 is 0. The molecule has 3 rings (SSSR count). The number of nitrogens with one attached hydrogen (secondary N) is 2. The summed E-state index contributed by atoms with van der Waals surface area (Å²) in [4.78, 5) is 28.7. The fraction of sp³-hybridized carbons (Fsp3) is 0.522. The molecule has 0 radical (unpaired) electrons. The molecule has 2 aromatic rings. The third kappa shape index (κ3) is 5.27. The lowest BCUT2D eigenvalue weighted by Crippen LogP contribution is -2.40. The predicted octanol–water partition coefficient (Wildman–Crippen LogP) is 3.23. The Morgan fingerprint density at radius 1 is 1.23 bits per heavy atom. The molecule has 0 spiro atoms. The van der Waals surface area contributed by atoms with E-state index in [1.165, 1.54) is 5.56 Å². The van der Waals surface area contributed by atoms with Gasteiger partial charge in [0.15, 0.2) is 0 Å². The first-order chi connectivity index (χ1) is 14.1. The van der Waals surface area contributed by atoms with E-state index in [4.69, 9.17) is 0 Å². The lowest BCUT2D eigenvalue weighted by molar-refractivity contribution is -0.117. The number of piperidine rings is 1. The Morgan fingerprint density at radius 3 is 2.57 bits per heavy atom. The Bertz CT molecular complexity index is 880. The van der Waals surface area contributed by atoms with Crippen LogP contribution in [-0.2, 0) is 10.2 Å². The van der Waals surface area contributed by atoms with Gasteiger partial charge in [0, 0.05) is 32.2 Å². The lowest BCUT2D eigenvalue weighted by atomic mass is 9.87. The van der Waals surface area contributed by atoms with Crippen LogP contribution in [-0.4, -0.2) is 65.5 Å². The van der Waals surface area contributed by atoms with Crippen molar-refractivity contribution in [1.29, 1.82) is 0 Å². The van der Waals surface area contributed by atoms with Crippen molar-refractivity contribution >= 4 is 17.5 Å². The lowest BCUT2D eigenvalue weighted by Gasteiger charge is -2.32. The minimum atomic E-state index is -0.0488. The van der Waals surface area contributed by atoms with Gasteiger partial charge in [-0.05, 0) is 42.5 Å². The molecular weight excluding hydrogens is 378 g/mol. The van der Waals surface area contributed by atoms with Crippen molar-refractivity contribution < 1.29 is 9.59 Å². The monoisotopic (exact) mass is 411 g/mol. The van der Waals surface area contributed by atoms with E-state index in [1.807, 2.05) is 12.1 Å². The van der Waals surface area contributed by atoms with Crippen molar-refractivity contribution in [1.82, 2.24) is 20.0 Å². The van der Waals surface area contributed by atoms with E-state index in [1.54, 1.807) is 25.2 Å². The number of aromatic nitrogens is 2. The molecule has 1 unspecified atom stereocenters. The number of benzene rings is 1. The molecule has 162 valence electrons. The van der Waals surface area contributed by atoms with Crippen LogP contribution in [0.1, 0.15) is 61.1 Å². The summed E-state index contributed by atoms with van der Waals surface area (Å²) in [6.45, 7) is 8.45. The highest BCUT2D eigenvalue weighted by Crippen LogP contribution is 2.28. The second-order valence-corrected chi connectivity index (χ2v) is 9.35. The highest BCUT2D eigenvalue weighted by atomic mass is 16.2. The third-order valence-electron chi connectivity index (χ3n) is 5.62. The van der Waals surface area contributed by atoms with Crippen LogP contribution in [0.15, 0.2) is 30.5 Å². The van der Waals surface area contributed by atoms with Gasteiger partial charge in [0.2, 0.25) is 5.91 Å². The van der Waals surface area contributed by atoms with Crippen LogP contribution in [0, 0.1) is 0 Å². The van der Waals surface area contributed by atoms with Gasteiger partial charge in [-0.1, -0.05) is 32.9 Å².